The first-order valence-electron chi connectivity index (χ1n) is 12.9. The van der Waals surface area contributed by atoms with E-state index in [1.54, 1.807) is 6.92 Å². The summed E-state index contributed by atoms with van der Waals surface area (Å²) in [6, 6.07) is 8.98. The molecule has 210 valence electrons. The Morgan fingerprint density at radius 2 is 1.95 bits per heavy atom. The molecule has 0 bridgehead atoms. The van der Waals surface area contributed by atoms with Gasteiger partial charge in [-0.15, -0.1) is 0 Å². The Hall–Kier alpha value is -2.89. The number of hydrogen-bond acceptors (Lipinski definition) is 4. The minimum Gasteiger partial charge on any atom is -0.466 e. The van der Waals surface area contributed by atoms with Crippen LogP contribution in [-0.4, -0.2) is 36.6 Å². The average molecular weight is 581 g/mol. The lowest BCUT2D eigenvalue weighted by Gasteiger charge is -2.38. The van der Waals surface area contributed by atoms with Crippen LogP contribution in [0.3, 0.4) is 0 Å². The van der Waals surface area contributed by atoms with E-state index < -0.39 is 35.0 Å². The molecular weight excluding hydrogens is 547 g/mol. The topological polar surface area (TPSA) is 82.4 Å². The number of halogens is 4. The standard InChI is InChI=1S/C29H33Cl2F2N3O3/c1-5-39-24(37)10-7-13-35-27(38)36-16-18(15-28(2,3)4)29(17-34,21-12-11-19(30)14-23(21)32)26(36)20-8-6-9-22(31)25(20)33/h6,8-9,11-12,14,18,26H,5,7,10,13,15-16H2,1-4H3,(H,35,38). The maximum Gasteiger partial charge on any atom is 0.317 e. The first kappa shape index (κ1) is 30.6. The first-order chi connectivity index (χ1) is 18.4. The van der Waals surface area contributed by atoms with E-state index in [2.05, 4.69) is 11.4 Å². The van der Waals surface area contributed by atoms with Gasteiger partial charge in [-0.25, -0.2) is 13.6 Å². The van der Waals surface area contributed by atoms with Crippen LogP contribution in [0.1, 0.15) is 64.1 Å². The number of nitrogens with zero attached hydrogens (tertiary/aromatic N) is 2. The molecular formula is C29H33Cl2F2N3O3. The van der Waals surface area contributed by atoms with E-state index in [-0.39, 0.29) is 58.7 Å². The molecule has 3 atom stereocenters. The first-order valence-corrected chi connectivity index (χ1v) is 13.6. The molecule has 2 amide bonds. The maximum absolute atomic E-state index is 15.6. The summed E-state index contributed by atoms with van der Waals surface area (Å²) < 4.78 is 36.1. The van der Waals surface area contributed by atoms with Gasteiger partial charge in [0.25, 0.3) is 0 Å². The number of amides is 2. The highest BCUT2D eigenvalue weighted by Gasteiger charge is 2.60. The number of rotatable bonds is 8. The molecule has 1 heterocycles. The Kier molecular flexibility index (Phi) is 9.84. The fourth-order valence-corrected chi connectivity index (χ4v) is 5.77. The molecule has 2 aromatic carbocycles. The molecule has 0 spiro atoms. The lowest BCUT2D eigenvalue weighted by Crippen LogP contribution is -2.44. The van der Waals surface area contributed by atoms with Gasteiger partial charge in [-0.05, 0) is 43.4 Å². The predicted molar refractivity (Wildman–Crippen MR) is 146 cm³/mol. The van der Waals surface area contributed by atoms with Gasteiger partial charge in [-0.3, -0.25) is 4.79 Å². The van der Waals surface area contributed by atoms with Crippen molar-refractivity contribution in [2.45, 2.75) is 58.4 Å². The van der Waals surface area contributed by atoms with Crippen molar-refractivity contribution in [2.75, 3.05) is 19.7 Å². The second-order valence-corrected chi connectivity index (χ2v) is 11.7. The zero-order valence-corrected chi connectivity index (χ0v) is 24.0. The molecule has 10 heteroatoms. The third kappa shape index (κ3) is 6.64. The van der Waals surface area contributed by atoms with Crippen molar-refractivity contribution in [1.82, 2.24) is 10.2 Å². The molecule has 0 radical (unpaired) electrons. The van der Waals surface area contributed by atoms with Crippen molar-refractivity contribution in [2.24, 2.45) is 11.3 Å². The van der Waals surface area contributed by atoms with E-state index in [1.165, 1.54) is 35.2 Å². The highest BCUT2D eigenvalue weighted by atomic mass is 35.5. The molecule has 2 aromatic rings. The molecule has 1 aliphatic heterocycles. The Bertz CT molecular complexity index is 1260. The van der Waals surface area contributed by atoms with E-state index in [0.717, 1.165) is 6.07 Å². The van der Waals surface area contributed by atoms with E-state index in [4.69, 9.17) is 27.9 Å². The number of urea groups is 1. The maximum atomic E-state index is 15.6. The van der Waals surface area contributed by atoms with Gasteiger partial charge >= 0.3 is 12.0 Å². The van der Waals surface area contributed by atoms with Crippen molar-refractivity contribution in [3.63, 3.8) is 0 Å². The van der Waals surface area contributed by atoms with Gasteiger partial charge < -0.3 is 15.0 Å². The number of carbonyl (C=O) groups is 2. The van der Waals surface area contributed by atoms with Crippen LogP contribution in [0.4, 0.5) is 13.6 Å². The van der Waals surface area contributed by atoms with Gasteiger partial charge in [0, 0.05) is 41.6 Å². The summed E-state index contributed by atoms with van der Waals surface area (Å²) >= 11 is 12.2. The zero-order valence-electron chi connectivity index (χ0n) is 22.5. The van der Waals surface area contributed by atoms with Crippen LogP contribution >= 0.6 is 23.2 Å². The number of ether oxygens (including phenoxy) is 1. The highest BCUT2D eigenvalue weighted by molar-refractivity contribution is 6.31. The van der Waals surface area contributed by atoms with Crippen LogP contribution in [0, 0.1) is 34.3 Å². The number of benzene rings is 2. The quantitative estimate of drug-likeness (QED) is 0.265. The van der Waals surface area contributed by atoms with Crippen LogP contribution in [0.2, 0.25) is 10.0 Å². The van der Waals surface area contributed by atoms with Crippen LogP contribution in [0.5, 0.6) is 0 Å². The Morgan fingerprint density at radius 1 is 1.23 bits per heavy atom. The molecule has 39 heavy (non-hydrogen) atoms. The second-order valence-electron chi connectivity index (χ2n) is 10.9. The normalized spacial score (nSPS) is 20.9. The Labute approximate surface area is 238 Å². The second kappa shape index (κ2) is 12.5. The summed E-state index contributed by atoms with van der Waals surface area (Å²) in [6.45, 7) is 8.14. The molecule has 1 fully saturated rings. The Balaban J connectivity index is 2.14. The average Bonchev–Trinajstić information content (AvgIpc) is 3.16. The van der Waals surface area contributed by atoms with Crippen LogP contribution < -0.4 is 5.32 Å². The minimum atomic E-state index is -1.66. The van der Waals surface area contributed by atoms with E-state index >= 15 is 8.78 Å². The SMILES string of the molecule is CCOC(=O)CCCNC(=O)N1CC(CC(C)(C)C)C(C#N)(c2ccc(Cl)cc2F)C1c1cccc(Cl)c1F. The van der Waals surface area contributed by atoms with Crippen LogP contribution in [0.15, 0.2) is 36.4 Å². The van der Waals surface area contributed by atoms with Gasteiger partial charge in [-0.1, -0.05) is 62.2 Å². The summed E-state index contributed by atoms with van der Waals surface area (Å²) in [4.78, 5) is 26.7. The molecule has 0 aliphatic carbocycles. The molecule has 0 saturated carbocycles. The van der Waals surface area contributed by atoms with Gasteiger partial charge in [-0.2, -0.15) is 5.26 Å². The van der Waals surface area contributed by atoms with Crippen molar-refractivity contribution in [3.8, 4) is 6.07 Å². The van der Waals surface area contributed by atoms with Gasteiger partial charge in [0.2, 0.25) is 0 Å². The minimum absolute atomic E-state index is 0.0106. The predicted octanol–water partition coefficient (Wildman–Crippen LogP) is 7.20. The lowest BCUT2D eigenvalue weighted by atomic mass is 9.63. The van der Waals surface area contributed by atoms with Crippen molar-refractivity contribution in [3.05, 3.63) is 69.2 Å². The molecule has 6 nitrogen and oxygen atoms in total. The summed E-state index contributed by atoms with van der Waals surface area (Å²) in [7, 11) is 0. The summed E-state index contributed by atoms with van der Waals surface area (Å²) in [5.41, 5.74) is -1.92. The summed E-state index contributed by atoms with van der Waals surface area (Å²) in [6.07, 6.45) is 0.883. The van der Waals surface area contributed by atoms with Gasteiger partial charge in [0.15, 0.2) is 0 Å². The number of esters is 1. The largest absolute Gasteiger partial charge is 0.466 e. The van der Waals surface area contributed by atoms with Gasteiger partial charge in [0.1, 0.15) is 17.0 Å². The number of nitriles is 1. The highest BCUT2D eigenvalue weighted by Crippen LogP contribution is 2.56. The fraction of sp³-hybridized carbons (Fsp3) is 0.483. The Morgan fingerprint density at radius 3 is 2.56 bits per heavy atom. The van der Waals surface area contributed by atoms with Gasteiger partial charge in [0.05, 0.1) is 23.7 Å². The lowest BCUT2D eigenvalue weighted by molar-refractivity contribution is -0.143. The van der Waals surface area contributed by atoms with E-state index in [1.807, 2.05) is 20.8 Å². The molecule has 1 saturated heterocycles. The fourth-order valence-electron chi connectivity index (χ4n) is 5.43. The summed E-state index contributed by atoms with van der Waals surface area (Å²) in [5.74, 6) is -2.44. The van der Waals surface area contributed by atoms with Crippen molar-refractivity contribution < 1.29 is 23.1 Å². The van der Waals surface area contributed by atoms with Crippen LogP contribution in [0.25, 0.3) is 0 Å². The molecule has 1 aliphatic rings. The van der Waals surface area contributed by atoms with Crippen molar-refractivity contribution in [1.29, 1.82) is 5.26 Å². The summed E-state index contributed by atoms with van der Waals surface area (Å²) in [5, 5.41) is 13.6. The van der Waals surface area contributed by atoms with Crippen molar-refractivity contribution >= 4 is 35.2 Å². The molecule has 1 N–H and O–H groups in total. The monoisotopic (exact) mass is 579 g/mol. The van der Waals surface area contributed by atoms with E-state index in [0.29, 0.717) is 12.8 Å². The number of hydrogen-bond donors (Lipinski definition) is 1. The van der Waals surface area contributed by atoms with Crippen LogP contribution in [-0.2, 0) is 14.9 Å². The molecule has 3 rings (SSSR count). The number of nitrogens with one attached hydrogen (secondary N) is 1. The third-order valence-corrected chi connectivity index (χ3v) is 7.43. The van der Waals surface area contributed by atoms with E-state index in [9.17, 15) is 14.9 Å². The smallest absolute Gasteiger partial charge is 0.317 e. The molecule has 0 aromatic heterocycles. The number of carbonyl (C=O) groups excluding carboxylic acids is 2. The molecule has 3 unspecified atom stereocenters. The third-order valence-electron chi connectivity index (χ3n) is 6.90. The zero-order chi connectivity index (χ0) is 29.0. The number of likely N-dealkylation sites (tertiary alicyclic amines) is 1.